The second-order valence-electron chi connectivity index (χ2n) is 14.3. The molecule has 2 aromatic carbocycles. The second kappa shape index (κ2) is 23.6. The van der Waals surface area contributed by atoms with Crippen LogP contribution in [0.15, 0.2) is 60.8 Å². The zero-order valence-electron chi connectivity index (χ0n) is 33.0. The van der Waals surface area contributed by atoms with E-state index in [1.54, 1.807) is 18.3 Å². The molecule has 1 saturated heterocycles. The maximum Gasteiger partial charge on any atom is 0.251 e. The number of hydrogen-bond acceptors (Lipinski definition) is 12. The monoisotopic (exact) mass is 854 g/mol. The minimum atomic E-state index is -1.77. The zero-order valence-corrected chi connectivity index (χ0v) is 34.7. The maximum absolute atomic E-state index is 14.3. The first-order chi connectivity index (χ1) is 28.3. The van der Waals surface area contributed by atoms with Crippen molar-refractivity contribution in [3.05, 3.63) is 71.9 Å². The van der Waals surface area contributed by atoms with Crippen molar-refractivity contribution in [3.63, 3.8) is 0 Å². The molecule has 320 valence electrons. The van der Waals surface area contributed by atoms with Gasteiger partial charge in [-0.1, -0.05) is 70.1 Å². The number of hydrogen-bond donors (Lipinski definition) is 10. The quantitative estimate of drug-likeness (QED) is 0.0606. The van der Waals surface area contributed by atoms with E-state index in [2.05, 4.69) is 36.9 Å². The summed E-state index contributed by atoms with van der Waals surface area (Å²) in [5.74, 6) is -5.08. The normalized spacial score (nSPS) is 22.8. The molecule has 4 rings (SSSR count). The first kappa shape index (κ1) is 46.7. The van der Waals surface area contributed by atoms with E-state index in [-0.39, 0.29) is 37.2 Å². The van der Waals surface area contributed by atoms with E-state index in [0.29, 0.717) is 24.9 Å². The predicted octanol–water partition coefficient (Wildman–Crippen LogP) is -0.262. The van der Waals surface area contributed by atoms with Crippen molar-refractivity contribution >= 4 is 73.7 Å². The van der Waals surface area contributed by atoms with Crippen molar-refractivity contribution < 1.29 is 43.8 Å². The van der Waals surface area contributed by atoms with E-state index in [9.17, 15) is 43.8 Å². The summed E-state index contributed by atoms with van der Waals surface area (Å²) < 4.78 is 0. The number of carbonyl (C=O) groups excluding carboxylic acids is 7. The lowest BCUT2D eigenvalue weighted by Gasteiger charge is -2.27. The van der Waals surface area contributed by atoms with Crippen LogP contribution >= 0.6 is 21.6 Å². The number of unbranched alkanes of at least 4 members (excludes halogenated alkanes) is 1. The minimum absolute atomic E-state index is 0.00722. The Balaban J connectivity index is 1.71. The molecule has 0 radical (unpaired) electrons. The molecule has 1 fully saturated rings. The molecule has 59 heavy (non-hydrogen) atoms. The number of rotatable bonds is 13. The van der Waals surface area contributed by atoms with Gasteiger partial charge in [0.1, 0.15) is 24.2 Å². The summed E-state index contributed by atoms with van der Waals surface area (Å²) in [6.07, 6.45) is 1.58. The number of benzene rings is 2. The van der Waals surface area contributed by atoms with Crippen molar-refractivity contribution in [2.75, 3.05) is 24.7 Å². The van der Waals surface area contributed by atoms with E-state index < -0.39 is 90.2 Å². The standard InChI is InChI=1S/C40H54N8O9S2/c1-23(50)32(21-49)46-39(56)33-22-59-58-17-15-34(52)43-30(18-25-10-4-3-5-11-25)37(54)45-31(19-26-20-42-28-13-7-6-12-27(26)28)38(55)44-29(14-8-9-16-41)36(53)48-35(24(2)51)40(57)47-33/h3-7,10-13,20,23,29-33,35,42,49-50H,8-9,14-19,21-22,41H2,1-2H3,(H,43,52)(H,44,55)(H,45,54)(H,46,56)(H,47,57)(H,48,53)/t23-,29+,30+,31-,32-,33+,35+/m1/s1. The van der Waals surface area contributed by atoms with Crippen LogP contribution in [0.4, 0.5) is 0 Å². The Morgan fingerprint density at radius 1 is 0.831 bits per heavy atom. The van der Waals surface area contributed by atoms with Gasteiger partial charge < -0.3 is 52.8 Å². The van der Waals surface area contributed by atoms with Gasteiger partial charge in [-0.2, -0.15) is 0 Å². The van der Waals surface area contributed by atoms with Crippen molar-refractivity contribution in [2.24, 2.45) is 5.73 Å². The number of carbonyl (C=O) groups is 7. The third-order valence-electron chi connectivity index (χ3n) is 9.67. The number of aromatic nitrogens is 1. The van der Waals surface area contributed by atoms with Crippen LogP contribution < -0.4 is 37.6 Å². The predicted molar refractivity (Wildman–Crippen MR) is 226 cm³/mol. The van der Waals surface area contributed by atoms with E-state index in [1.165, 1.54) is 17.7 Å². The number of fused-ring (bicyclic) bond motifs is 1. The summed E-state index contributed by atoms with van der Waals surface area (Å²) >= 11 is 0. The highest BCUT2D eigenvalue weighted by atomic mass is 33.1. The summed E-state index contributed by atoms with van der Waals surface area (Å²) in [7, 11) is 2.35. The molecule has 1 aliphatic heterocycles. The Kier molecular flexibility index (Phi) is 18.7. The van der Waals surface area contributed by atoms with Crippen LogP contribution in [-0.2, 0) is 46.4 Å². The summed E-state index contributed by atoms with van der Waals surface area (Å²) in [4.78, 5) is 98.9. The van der Waals surface area contributed by atoms with E-state index >= 15 is 0 Å². The van der Waals surface area contributed by atoms with Crippen molar-refractivity contribution in [2.45, 2.75) is 94.7 Å². The molecule has 19 heteroatoms. The van der Waals surface area contributed by atoms with Gasteiger partial charge in [-0.25, -0.2) is 0 Å². The number of Topliss-reactive ketones (excluding diaryl/α,β-unsaturated/α-hetero) is 1. The van der Waals surface area contributed by atoms with Crippen molar-refractivity contribution in [1.82, 2.24) is 36.9 Å². The van der Waals surface area contributed by atoms with Crippen molar-refractivity contribution in [3.8, 4) is 0 Å². The fraction of sp³-hybridized carbons (Fsp3) is 0.475. The molecule has 17 nitrogen and oxygen atoms in total. The molecular formula is C40H54N8O9S2. The van der Waals surface area contributed by atoms with Gasteiger partial charge in [0, 0.05) is 47.9 Å². The van der Waals surface area contributed by atoms with E-state index in [4.69, 9.17) is 5.73 Å². The van der Waals surface area contributed by atoms with Gasteiger partial charge in [-0.05, 0) is 56.8 Å². The van der Waals surface area contributed by atoms with Gasteiger partial charge in [-0.3, -0.25) is 33.6 Å². The maximum atomic E-state index is 14.3. The molecule has 1 aliphatic rings. The van der Waals surface area contributed by atoms with Crippen LogP contribution in [0, 0.1) is 0 Å². The molecule has 0 bridgehead atoms. The SMILES string of the molecule is CC(=O)[C@@H]1NC(=O)[C@H](CCCCN)NC(=O)[C@@H](Cc2c[nH]c3ccccc23)NC(=O)[C@H](Cc2ccccc2)NC(=O)CCSSC[C@@H](C(=O)N[C@H](CO)[C@@H](C)O)NC1=O. The molecule has 3 aromatic rings. The number of H-pyrrole nitrogens is 1. The van der Waals surface area contributed by atoms with E-state index in [1.807, 2.05) is 42.5 Å². The molecule has 7 atom stereocenters. The van der Waals surface area contributed by atoms with Gasteiger partial charge in [-0.15, -0.1) is 0 Å². The van der Waals surface area contributed by atoms with Gasteiger partial charge in [0.2, 0.25) is 29.5 Å². The fourth-order valence-corrected chi connectivity index (χ4v) is 8.46. The molecule has 0 spiro atoms. The smallest absolute Gasteiger partial charge is 0.251 e. The molecule has 0 aliphatic carbocycles. The first-order valence-electron chi connectivity index (χ1n) is 19.4. The number of aromatic amines is 1. The van der Waals surface area contributed by atoms with Crippen LogP contribution in [0.3, 0.4) is 0 Å². The Morgan fingerprint density at radius 3 is 2.17 bits per heavy atom. The first-order valence-corrected chi connectivity index (χ1v) is 21.9. The number of aliphatic hydroxyl groups is 2. The lowest BCUT2D eigenvalue weighted by atomic mass is 10.0. The number of para-hydroxylation sites is 1. The van der Waals surface area contributed by atoms with Crippen LogP contribution in [0.2, 0.25) is 0 Å². The number of ketones is 1. The van der Waals surface area contributed by atoms with Gasteiger partial charge in [0.05, 0.1) is 18.8 Å². The van der Waals surface area contributed by atoms with E-state index in [0.717, 1.165) is 34.2 Å². The number of aliphatic hydroxyl groups excluding tert-OH is 2. The summed E-state index contributed by atoms with van der Waals surface area (Å²) in [5, 5.41) is 36.3. The van der Waals surface area contributed by atoms with Crippen LogP contribution in [-0.4, -0.2) is 123 Å². The Morgan fingerprint density at radius 2 is 1.49 bits per heavy atom. The molecule has 2 heterocycles. The molecule has 0 saturated carbocycles. The lowest BCUT2D eigenvalue weighted by Crippen LogP contribution is -2.61. The summed E-state index contributed by atoms with van der Waals surface area (Å²) in [6.45, 7) is 2.15. The highest BCUT2D eigenvalue weighted by Crippen LogP contribution is 2.24. The topological polar surface area (TPSA) is 274 Å². The molecule has 0 unspecified atom stereocenters. The van der Waals surface area contributed by atoms with Gasteiger partial charge in [0.15, 0.2) is 11.8 Å². The Hall–Kier alpha value is -4.95. The van der Waals surface area contributed by atoms with Gasteiger partial charge >= 0.3 is 0 Å². The number of nitrogens with one attached hydrogen (secondary N) is 7. The lowest BCUT2D eigenvalue weighted by molar-refractivity contribution is -0.138. The summed E-state index contributed by atoms with van der Waals surface area (Å²) in [5.41, 5.74) is 7.98. The average molecular weight is 855 g/mol. The van der Waals surface area contributed by atoms with Crippen LogP contribution in [0.25, 0.3) is 10.9 Å². The molecule has 1 aromatic heterocycles. The largest absolute Gasteiger partial charge is 0.394 e. The second-order valence-corrected chi connectivity index (χ2v) is 16.9. The Bertz CT molecular complexity index is 1910. The molecule has 11 N–H and O–H groups in total. The number of nitrogens with two attached hydrogens (primary N) is 1. The van der Waals surface area contributed by atoms with Crippen molar-refractivity contribution in [1.29, 1.82) is 0 Å². The van der Waals surface area contributed by atoms with Gasteiger partial charge in [0.25, 0.3) is 5.91 Å². The average Bonchev–Trinajstić information content (AvgIpc) is 3.62. The summed E-state index contributed by atoms with van der Waals surface area (Å²) in [6, 6.07) is 8.68. The zero-order chi connectivity index (χ0) is 42.9. The third-order valence-corrected chi connectivity index (χ3v) is 12.1. The number of amides is 6. The van der Waals surface area contributed by atoms with Crippen LogP contribution in [0.5, 0.6) is 0 Å². The molecular weight excluding hydrogens is 801 g/mol. The molecule has 6 amide bonds. The fourth-order valence-electron chi connectivity index (χ4n) is 6.31. The highest BCUT2D eigenvalue weighted by molar-refractivity contribution is 8.76. The third kappa shape index (κ3) is 14.4. The highest BCUT2D eigenvalue weighted by Gasteiger charge is 2.35. The van der Waals surface area contributed by atoms with Crippen LogP contribution in [0.1, 0.15) is 50.7 Å². The Labute approximate surface area is 350 Å². The minimum Gasteiger partial charge on any atom is -0.394 e.